The highest BCUT2D eigenvalue weighted by atomic mass is 127. The summed E-state index contributed by atoms with van der Waals surface area (Å²) in [6.07, 6.45) is 1.66. The highest BCUT2D eigenvalue weighted by Gasteiger charge is 2.35. The Balaban J connectivity index is 1.83. The predicted octanol–water partition coefficient (Wildman–Crippen LogP) is 5.21. The van der Waals surface area contributed by atoms with Crippen molar-refractivity contribution in [3.63, 3.8) is 0 Å². The summed E-state index contributed by atoms with van der Waals surface area (Å²) >= 11 is 5.39. The van der Waals surface area contributed by atoms with E-state index in [1.807, 2.05) is 42.5 Å². The van der Waals surface area contributed by atoms with Gasteiger partial charge in [-0.05, 0) is 88.0 Å². The molecule has 0 unspecified atom stereocenters. The molecule has 7 nitrogen and oxygen atoms in total. The number of fused-ring (bicyclic) bond motifs is 1. The van der Waals surface area contributed by atoms with Gasteiger partial charge in [-0.3, -0.25) is 14.2 Å². The molecule has 4 aromatic rings. The average molecular weight is 794 g/mol. The van der Waals surface area contributed by atoms with Gasteiger partial charge in [0.15, 0.2) is 10.6 Å². The fourth-order valence-corrected chi connectivity index (χ4v) is 7.47. The average Bonchev–Trinajstić information content (AvgIpc) is 3.25. The highest BCUT2D eigenvalue weighted by Crippen LogP contribution is 2.35. The Morgan fingerprint density at radius 2 is 1.80 bits per heavy atom. The van der Waals surface area contributed by atoms with Crippen molar-refractivity contribution in [3.8, 4) is 5.75 Å². The van der Waals surface area contributed by atoms with Gasteiger partial charge in [-0.15, -0.1) is 0 Å². The van der Waals surface area contributed by atoms with Gasteiger partial charge in [0.25, 0.3) is 5.56 Å². The second-order valence-corrected chi connectivity index (χ2v) is 12.3. The van der Waals surface area contributed by atoms with Crippen LogP contribution < -0.4 is 19.6 Å². The molecule has 208 valence electrons. The molecule has 1 aliphatic heterocycles. The third kappa shape index (κ3) is 6.06. The monoisotopic (exact) mass is 794 g/mol. The van der Waals surface area contributed by atoms with E-state index < -0.39 is 29.4 Å². The van der Waals surface area contributed by atoms with Crippen molar-refractivity contribution in [3.05, 3.63) is 122 Å². The zero-order valence-corrected chi connectivity index (χ0v) is 26.8. The summed E-state index contributed by atoms with van der Waals surface area (Å²) < 4.78 is 28.2. The van der Waals surface area contributed by atoms with Crippen LogP contribution in [0.5, 0.6) is 5.75 Å². The van der Waals surface area contributed by atoms with Crippen LogP contribution in [0.2, 0.25) is 0 Å². The lowest BCUT2D eigenvalue weighted by molar-refractivity contribution is -0.139. The first-order valence-corrected chi connectivity index (χ1v) is 15.4. The number of aromatic nitrogens is 1. The van der Waals surface area contributed by atoms with E-state index in [1.165, 1.54) is 23.6 Å². The Morgan fingerprint density at radius 3 is 2.46 bits per heavy atom. The molecule has 41 heavy (non-hydrogen) atoms. The maximum atomic E-state index is 14.1. The molecule has 1 aliphatic rings. The number of benzene rings is 3. The van der Waals surface area contributed by atoms with Gasteiger partial charge in [0, 0.05) is 21.6 Å². The summed E-state index contributed by atoms with van der Waals surface area (Å²) in [7, 11) is 0. The topological polar surface area (TPSA) is 87.0 Å². The van der Waals surface area contributed by atoms with E-state index in [9.17, 15) is 18.8 Å². The van der Waals surface area contributed by atoms with Gasteiger partial charge in [-0.2, -0.15) is 0 Å². The van der Waals surface area contributed by atoms with Gasteiger partial charge in [0.1, 0.15) is 5.82 Å². The Labute approximate surface area is 265 Å². The van der Waals surface area contributed by atoms with Gasteiger partial charge in [-0.25, -0.2) is 14.2 Å². The smallest absolute Gasteiger partial charge is 0.338 e. The van der Waals surface area contributed by atoms with Gasteiger partial charge >= 0.3 is 11.9 Å². The third-order valence-corrected chi connectivity index (χ3v) is 8.54. The molecule has 0 bridgehead atoms. The van der Waals surface area contributed by atoms with Crippen molar-refractivity contribution in [2.24, 2.45) is 4.99 Å². The van der Waals surface area contributed by atoms with E-state index in [-0.39, 0.29) is 12.2 Å². The van der Waals surface area contributed by atoms with Crippen molar-refractivity contribution >= 4 is 80.2 Å². The zero-order chi connectivity index (χ0) is 29.3. The van der Waals surface area contributed by atoms with Crippen LogP contribution in [-0.2, 0) is 14.3 Å². The minimum Gasteiger partial charge on any atom is -0.463 e. The first kappa shape index (κ1) is 29.3. The molecule has 5 rings (SSSR count). The number of hydrogen-bond donors (Lipinski definition) is 0. The van der Waals surface area contributed by atoms with E-state index in [0.717, 1.165) is 14.9 Å². The molecular weight excluding hydrogens is 773 g/mol. The Hall–Kier alpha value is -3.17. The van der Waals surface area contributed by atoms with Crippen molar-refractivity contribution in [2.45, 2.75) is 19.9 Å². The molecule has 0 saturated carbocycles. The molecule has 2 heterocycles. The van der Waals surface area contributed by atoms with Gasteiger partial charge in [-0.1, -0.05) is 53.8 Å². The summed E-state index contributed by atoms with van der Waals surface area (Å²) in [5, 5.41) is 0. The Morgan fingerprint density at radius 1 is 1.10 bits per heavy atom. The number of hydrogen-bond acceptors (Lipinski definition) is 7. The number of esters is 2. The van der Waals surface area contributed by atoms with Crippen molar-refractivity contribution < 1.29 is 23.5 Å². The van der Waals surface area contributed by atoms with Gasteiger partial charge in [0.05, 0.1) is 32.0 Å². The molecule has 0 radical (unpaired) electrons. The molecule has 0 N–H and O–H groups in total. The Bertz CT molecular complexity index is 1880. The first-order valence-electron chi connectivity index (χ1n) is 12.4. The maximum absolute atomic E-state index is 14.1. The van der Waals surface area contributed by atoms with Crippen LogP contribution in [0.3, 0.4) is 0 Å². The SMILES string of the molecule is CCOC(=O)C1=C(c2ccccc2)N=c2s/c(=C\c3cc(I)cc(I)c3OC(C)=O)c(=O)n2[C@H]1c1ccc(F)cc1. The fraction of sp³-hybridized carbons (Fsp3) is 0.133. The number of rotatable bonds is 6. The summed E-state index contributed by atoms with van der Waals surface area (Å²) in [6.45, 7) is 3.14. The molecule has 1 aromatic heterocycles. The summed E-state index contributed by atoms with van der Waals surface area (Å²) in [5.74, 6) is -1.21. The number of thiazole rings is 1. The molecule has 0 saturated heterocycles. The van der Waals surface area contributed by atoms with Crippen LogP contribution in [0.15, 0.2) is 82.1 Å². The summed E-state index contributed by atoms with van der Waals surface area (Å²) in [5.41, 5.74) is 1.88. The minimum absolute atomic E-state index is 0.120. The molecule has 0 fully saturated rings. The highest BCUT2D eigenvalue weighted by molar-refractivity contribution is 14.1. The quantitative estimate of drug-likeness (QED) is 0.152. The zero-order valence-electron chi connectivity index (χ0n) is 21.7. The molecule has 1 atom stereocenters. The van der Waals surface area contributed by atoms with E-state index in [4.69, 9.17) is 14.5 Å². The van der Waals surface area contributed by atoms with Gasteiger partial charge in [0.2, 0.25) is 0 Å². The third-order valence-electron chi connectivity index (χ3n) is 6.13. The molecule has 11 heteroatoms. The Kier molecular flexibility index (Phi) is 8.85. The fourth-order valence-electron chi connectivity index (χ4n) is 4.48. The lowest BCUT2D eigenvalue weighted by atomic mass is 9.93. The van der Waals surface area contributed by atoms with E-state index in [2.05, 4.69) is 45.2 Å². The normalized spacial score (nSPS) is 14.9. The van der Waals surface area contributed by atoms with Crippen LogP contribution in [-0.4, -0.2) is 23.1 Å². The lowest BCUT2D eigenvalue weighted by Crippen LogP contribution is -2.40. The molecule has 3 aromatic carbocycles. The van der Waals surface area contributed by atoms with E-state index >= 15 is 0 Å². The van der Waals surface area contributed by atoms with Crippen molar-refractivity contribution in [2.75, 3.05) is 6.61 Å². The molecule has 0 aliphatic carbocycles. The number of carbonyl (C=O) groups is 2. The first-order chi connectivity index (χ1) is 19.7. The van der Waals surface area contributed by atoms with Crippen molar-refractivity contribution in [1.82, 2.24) is 4.57 Å². The van der Waals surface area contributed by atoms with Crippen LogP contribution in [0.1, 0.15) is 36.6 Å². The summed E-state index contributed by atoms with van der Waals surface area (Å²) in [6, 6.07) is 17.6. The van der Waals surface area contributed by atoms with E-state index in [0.29, 0.717) is 41.0 Å². The molecule has 0 amide bonds. The van der Waals surface area contributed by atoms with Crippen molar-refractivity contribution in [1.29, 1.82) is 0 Å². The standard InChI is InChI=1S/C30H21FI2N2O5S/c1-3-39-29(38)24-25(17-7-5-4-6-8-17)34-30-35(26(24)18-9-11-20(31)12-10-18)28(37)23(41-30)14-19-13-21(32)15-22(33)27(19)40-16(2)36/h4-15,26H,3H2,1-2H3/b23-14-/t26-/m0/s1. The number of halogens is 3. The second-order valence-electron chi connectivity index (χ2n) is 8.88. The number of nitrogens with zero attached hydrogens (tertiary/aromatic N) is 2. The number of ether oxygens (including phenoxy) is 2. The predicted molar refractivity (Wildman–Crippen MR) is 171 cm³/mol. The van der Waals surface area contributed by atoms with Gasteiger partial charge < -0.3 is 9.47 Å². The van der Waals surface area contributed by atoms with E-state index in [1.54, 1.807) is 25.1 Å². The van der Waals surface area contributed by atoms with Crippen LogP contribution >= 0.6 is 56.5 Å². The molecular formula is C30H21FI2N2O5S. The minimum atomic E-state index is -0.924. The second kappa shape index (κ2) is 12.4. The van der Waals surface area contributed by atoms with Crippen LogP contribution in [0.4, 0.5) is 4.39 Å². The molecule has 0 spiro atoms. The largest absolute Gasteiger partial charge is 0.463 e. The number of carbonyl (C=O) groups excluding carboxylic acids is 2. The van der Waals surface area contributed by atoms with Crippen LogP contribution in [0, 0.1) is 13.0 Å². The lowest BCUT2D eigenvalue weighted by Gasteiger charge is -2.25. The maximum Gasteiger partial charge on any atom is 0.338 e. The summed E-state index contributed by atoms with van der Waals surface area (Å²) in [4.78, 5) is 44.5. The van der Waals surface area contributed by atoms with Crippen LogP contribution in [0.25, 0.3) is 11.8 Å².